The van der Waals surface area contributed by atoms with Crippen LogP contribution in [0.25, 0.3) is 9.40 Å². The minimum atomic E-state index is -1.22. The van der Waals surface area contributed by atoms with E-state index in [1.807, 2.05) is 17.5 Å². The number of fused-ring (bicyclic) bond motifs is 1. The summed E-state index contributed by atoms with van der Waals surface area (Å²) in [5, 5.41) is 23.0. The average Bonchev–Trinajstić information content (AvgIpc) is 2.98. The largest absolute Gasteiger partial charge is 0.507 e. The number of amides is 1. The van der Waals surface area contributed by atoms with Crippen molar-refractivity contribution in [3.8, 4) is 5.75 Å². The van der Waals surface area contributed by atoms with Gasteiger partial charge in [0.2, 0.25) is 0 Å². The highest BCUT2D eigenvalue weighted by molar-refractivity contribution is 7.27. The van der Waals surface area contributed by atoms with Crippen LogP contribution >= 0.6 is 22.7 Å². The van der Waals surface area contributed by atoms with E-state index in [4.69, 9.17) is 5.11 Å². The Morgan fingerprint density at radius 2 is 1.90 bits per heavy atom. The monoisotopic (exact) mass is 319 g/mol. The molecular formula is C14H9NO4S2. The minimum Gasteiger partial charge on any atom is -0.507 e. The Balaban J connectivity index is 1.82. The summed E-state index contributed by atoms with van der Waals surface area (Å²) in [5.74, 6) is -1.89. The molecule has 7 heteroatoms. The number of hydrogen-bond acceptors (Lipinski definition) is 5. The summed E-state index contributed by atoms with van der Waals surface area (Å²) in [6.07, 6.45) is 0. The van der Waals surface area contributed by atoms with Crippen molar-refractivity contribution in [3.63, 3.8) is 0 Å². The van der Waals surface area contributed by atoms with E-state index in [1.165, 1.54) is 29.5 Å². The Morgan fingerprint density at radius 1 is 1.10 bits per heavy atom. The number of hydrogen-bond donors (Lipinski definition) is 3. The molecule has 0 unspecified atom stereocenters. The molecule has 106 valence electrons. The second kappa shape index (κ2) is 5.19. The van der Waals surface area contributed by atoms with Gasteiger partial charge in [0.05, 0.1) is 4.88 Å². The molecular weight excluding hydrogens is 310 g/mol. The molecule has 3 rings (SSSR count). The van der Waals surface area contributed by atoms with Crippen molar-refractivity contribution in [2.75, 3.05) is 5.32 Å². The Morgan fingerprint density at radius 3 is 2.57 bits per heavy atom. The van der Waals surface area contributed by atoms with Gasteiger partial charge in [-0.25, -0.2) is 4.79 Å². The number of phenols is 1. The summed E-state index contributed by atoms with van der Waals surface area (Å²) in [7, 11) is 0. The number of carboxylic acids is 1. The van der Waals surface area contributed by atoms with Crippen LogP contribution in [-0.2, 0) is 0 Å². The van der Waals surface area contributed by atoms with Crippen molar-refractivity contribution in [3.05, 3.63) is 46.2 Å². The molecule has 0 spiro atoms. The molecule has 1 aromatic carbocycles. The number of carbonyl (C=O) groups is 2. The average molecular weight is 319 g/mol. The zero-order chi connectivity index (χ0) is 15.0. The van der Waals surface area contributed by atoms with Gasteiger partial charge in [-0.05, 0) is 29.6 Å². The quantitative estimate of drug-likeness (QED) is 0.688. The van der Waals surface area contributed by atoms with Gasteiger partial charge >= 0.3 is 5.97 Å². The first-order chi connectivity index (χ1) is 10.0. The number of benzene rings is 1. The van der Waals surface area contributed by atoms with Gasteiger partial charge in [0, 0.05) is 21.2 Å². The molecule has 2 aromatic heterocycles. The van der Waals surface area contributed by atoms with E-state index < -0.39 is 5.97 Å². The molecule has 3 N–H and O–H groups in total. The van der Waals surface area contributed by atoms with E-state index in [0.717, 1.165) is 9.40 Å². The molecule has 0 saturated carbocycles. The van der Waals surface area contributed by atoms with Crippen molar-refractivity contribution in [2.45, 2.75) is 0 Å². The number of thiophene rings is 2. The maximum atomic E-state index is 12.1. The maximum Gasteiger partial charge on any atom is 0.339 e. The number of carbonyl (C=O) groups excluding carboxylic acids is 1. The first-order valence-corrected chi connectivity index (χ1v) is 7.59. The highest BCUT2D eigenvalue weighted by atomic mass is 32.1. The standard InChI is InChI=1S/C14H9NO4S2/c16-9-5-7(1-2-8(9)14(18)19)15-13(17)12-6-11-10(21-12)3-4-20-11/h1-6,16H,(H,15,17)(H,18,19). The fourth-order valence-corrected chi connectivity index (χ4v) is 3.86. The van der Waals surface area contributed by atoms with E-state index >= 15 is 0 Å². The van der Waals surface area contributed by atoms with Gasteiger partial charge < -0.3 is 15.5 Å². The van der Waals surface area contributed by atoms with Gasteiger partial charge in [-0.3, -0.25) is 4.79 Å². The summed E-state index contributed by atoms with van der Waals surface area (Å²) in [4.78, 5) is 23.5. The Kier molecular flexibility index (Phi) is 3.36. The minimum absolute atomic E-state index is 0.204. The van der Waals surface area contributed by atoms with E-state index in [0.29, 0.717) is 10.6 Å². The highest BCUT2D eigenvalue weighted by Gasteiger charge is 2.14. The van der Waals surface area contributed by atoms with Crippen LogP contribution < -0.4 is 5.32 Å². The van der Waals surface area contributed by atoms with Crippen molar-refractivity contribution in [1.29, 1.82) is 0 Å². The predicted octanol–water partition coefficient (Wildman–Crippen LogP) is 3.62. The summed E-state index contributed by atoms with van der Waals surface area (Å²) >= 11 is 2.95. The lowest BCUT2D eigenvalue weighted by molar-refractivity contribution is 0.0693. The molecule has 0 aliphatic heterocycles. The summed E-state index contributed by atoms with van der Waals surface area (Å²) in [6, 6.07) is 7.68. The van der Waals surface area contributed by atoms with Crippen molar-refractivity contribution < 1.29 is 19.8 Å². The zero-order valence-electron chi connectivity index (χ0n) is 10.5. The molecule has 5 nitrogen and oxygen atoms in total. The molecule has 0 atom stereocenters. The number of carboxylic acid groups (broad SMARTS) is 1. The molecule has 0 saturated heterocycles. The molecule has 2 heterocycles. The van der Waals surface area contributed by atoms with E-state index in [2.05, 4.69) is 5.32 Å². The van der Waals surface area contributed by atoms with Crippen LogP contribution in [0, 0.1) is 0 Å². The summed E-state index contributed by atoms with van der Waals surface area (Å²) in [6.45, 7) is 0. The van der Waals surface area contributed by atoms with Crippen molar-refractivity contribution >= 4 is 49.6 Å². The Hall–Kier alpha value is -2.38. The topological polar surface area (TPSA) is 86.6 Å². The van der Waals surface area contributed by atoms with Crippen LogP contribution in [0.4, 0.5) is 5.69 Å². The van der Waals surface area contributed by atoms with Crippen molar-refractivity contribution in [2.24, 2.45) is 0 Å². The lowest BCUT2D eigenvalue weighted by Gasteiger charge is -2.05. The van der Waals surface area contributed by atoms with E-state index in [9.17, 15) is 14.7 Å². The molecule has 0 aliphatic carbocycles. The normalized spacial score (nSPS) is 10.7. The van der Waals surface area contributed by atoms with Gasteiger partial charge in [-0.2, -0.15) is 0 Å². The van der Waals surface area contributed by atoms with Gasteiger partial charge in [-0.1, -0.05) is 0 Å². The third-order valence-corrected chi connectivity index (χ3v) is 4.94. The zero-order valence-corrected chi connectivity index (χ0v) is 12.1. The predicted molar refractivity (Wildman–Crippen MR) is 82.7 cm³/mol. The Labute approximate surface area is 127 Å². The third kappa shape index (κ3) is 2.61. The first kappa shape index (κ1) is 13.6. The molecule has 0 radical (unpaired) electrons. The number of nitrogens with one attached hydrogen (secondary N) is 1. The molecule has 0 fully saturated rings. The van der Waals surface area contributed by atoms with Gasteiger partial charge in [0.15, 0.2) is 0 Å². The SMILES string of the molecule is O=C(Nc1ccc(C(=O)O)c(O)c1)c1cc2sccc2s1. The third-order valence-electron chi connectivity index (χ3n) is 2.85. The highest BCUT2D eigenvalue weighted by Crippen LogP contribution is 2.30. The van der Waals surface area contributed by atoms with E-state index in [-0.39, 0.29) is 17.2 Å². The van der Waals surface area contributed by atoms with E-state index in [1.54, 1.807) is 11.3 Å². The first-order valence-electron chi connectivity index (χ1n) is 5.89. The summed E-state index contributed by atoms with van der Waals surface area (Å²) in [5.41, 5.74) is 0.142. The fraction of sp³-hybridized carbons (Fsp3) is 0. The second-order valence-corrected chi connectivity index (χ2v) is 6.28. The number of aromatic hydroxyl groups is 1. The van der Waals surface area contributed by atoms with Crippen LogP contribution in [0.2, 0.25) is 0 Å². The molecule has 3 aromatic rings. The lowest BCUT2D eigenvalue weighted by atomic mass is 10.2. The lowest BCUT2D eigenvalue weighted by Crippen LogP contribution is -2.10. The smallest absolute Gasteiger partial charge is 0.339 e. The number of aromatic carboxylic acids is 1. The maximum absolute atomic E-state index is 12.1. The van der Waals surface area contributed by atoms with Crippen LogP contribution in [0.5, 0.6) is 5.75 Å². The van der Waals surface area contributed by atoms with Gasteiger partial charge in [-0.15, -0.1) is 22.7 Å². The van der Waals surface area contributed by atoms with Crippen LogP contribution in [0.15, 0.2) is 35.7 Å². The van der Waals surface area contributed by atoms with Crippen molar-refractivity contribution in [1.82, 2.24) is 0 Å². The van der Waals surface area contributed by atoms with Gasteiger partial charge in [0.1, 0.15) is 11.3 Å². The molecule has 21 heavy (non-hydrogen) atoms. The number of anilines is 1. The summed E-state index contributed by atoms with van der Waals surface area (Å²) < 4.78 is 2.10. The fourth-order valence-electron chi connectivity index (χ4n) is 1.86. The second-order valence-electron chi connectivity index (χ2n) is 4.25. The van der Waals surface area contributed by atoms with Crippen LogP contribution in [-0.4, -0.2) is 22.1 Å². The van der Waals surface area contributed by atoms with Crippen LogP contribution in [0.3, 0.4) is 0 Å². The Bertz CT molecular complexity index is 821. The van der Waals surface area contributed by atoms with Crippen LogP contribution in [0.1, 0.15) is 20.0 Å². The number of rotatable bonds is 3. The molecule has 1 amide bonds. The molecule has 0 aliphatic rings. The van der Waals surface area contributed by atoms with Gasteiger partial charge in [0.25, 0.3) is 5.91 Å². The molecule has 0 bridgehead atoms.